The van der Waals surface area contributed by atoms with Crippen molar-refractivity contribution in [3.63, 3.8) is 0 Å². The molecule has 2 rings (SSSR count). The van der Waals surface area contributed by atoms with Crippen LogP contribution in [0.3, 0.4) is 0 Å². The number of halogens is 3. The maximum absolute atomic E-state index is 11.7. The van der Waals surface area contributed by atoms with Crippen LogP contribution in [0.1, 0.15) is 6.42 Å². The lowest BCUT2D eigenvalue weighted by Crippen LogP contribution is -2.44. The number of benzene rings is 1. The van der Waals surface area contributed by atoms with Crippen LogP contribution in [0.4, 0.5) is 5.69 Å². The first kappa shape index (κ1) is 22.0. The number of hydrogen-bond acceptors (Lipinski definition) is 4. The van der Waals surface area contributed by atoms with E-state index < -0.39 is 0 Å². The quantitative estimate of drug-likeness (QED) is 0.655. The van der Waals surface area contributed by atoms with E-state index >= 15 is 0 Å². The molecule has 1 heterocycles. The average Bonchev–Trinajstić information content (AvgIpc) is 2.93. The van der Waals surface area contributed by atoms with E-state index in [0.717, 1.165) is 29.7 Å². The molecule has 4 N–H and O–H groups in total. The Kier molecular flexibility index (Phi) is 10.2. The van der Waals surface area contributed by atoms with Gasteiger partial charge in [-0.3, -0.25) is 9.59 Å². The van der Waals surface area contributed by atoms with Gasteiger partial charge in [-0.05, 0) is 34.5 Å². The third kappa shape index (κ3) is 6.55. The zero-order chi connectivity index (χ0) is 15.2. The van der Waals surface area contributed by atoms with E-state index in [9.17, 15) is 9.59 Å². The minimum absolute atomic E-state index is 0. The maximum Gasteiger partial charge on any atom is 0.239 e. The van der Waals surface area contributed by atoms with Gasteiger partial charge in [0, 0.05) is 23.6 Å². The Labute approximate surface area is 156 Å². The molecule has 1 atom stereocenters. The second-order valence-corrected chi connectivity index (χ2v) is 5.79. The highest BCUT2D eigenvalue weighted by molar-refractivity contribution is 9.10. The molecule has 6 nitrogen and oxygen atoms in total. The zero-order valence-electron chi connectivity index (χ0n) is 12.5. The van der Waals surface area contributed by atoms with Gasteiger partial charge >= 0.3 is 0 Å². The number of nitrogens with zero attached hydrogens (tertiary/aromatic N) is 1. The maximum atomic E-state index is 11.7. The highest BCUT2D eigenvalue weighted by atomic mass is 79.9. The van der Waals surface area contributed by atoms with Gasteiger partial charge < -0.3 is 21.3 Å². The second kappa shape index (κ2) is 10.7. The summed E-state index contributed by atoms with van der Waals surface area (Å²) < 4.78 is 1.05. The average molecular weight is 428 g/mol. The minimum Gasteiger partial charge on any atom is -0.368 e. The topological polar surface area (TPSA) is 87.5 Å². The molecule has 1 aliphatic heterocycles. The van der Waals surface area contributed by atoms with Gasteiger partial charge in [0.1, 0.15) is 0 Å². The molecule has 1 saturated heterocycles. The van der Waals surface area contributed by atoms with E-state index in [1.165, 1.54) is 0 Å². The molecule has 130 valence electrons. The molecule has 0 aliphatic carbocycles. The smallest absolute Gasteiger partial charge is 0.239 e. The highest BCUT2D eigenvalue weighted by Crippen LogP contribution is 2.28. The lowest BCUT2D eigenvalue weighted by molar-refractivity contribution is -0.125. The number of carbonyl (C=O) groups is 2. The summed E-state index contributed by atoms with van der Waals surface area (Å²) in [6.45, 7) is 1.52. The highest BCUT2D eigenvalue weighted by Gasteiger charge is 2.24. The summed E-state index contributed by atoms with van der Waals surface area (Å²) in [6.07, 6.45) is 0.887. The predicted octanol–water partition coefficient (Wildman–Crippen LogP) is 1.06. The van der Waals surface area contributed by atoms with Crippen molar-refractivity contribution in [3.05, 3.63) is 28.7 Å². The fourth-order valence-electron chi connectivity index (χ4n) is 2.33. The Morgan fingerprint density at radius 2 is 1.96 bits per heavy atom. The van der Waals surface area contributed by atoms with Crippen molar-refractivity contribution in [1.29, 1.82) is 0 Å². The van der Waals surface area contributed by atoms with Crippen LogP contribution in [0.2, 0.25) is 0 Å². The normalized spacial score (nSPS) is 16.1. The predicted molar refractivity (Wildman–Crippen MR) is 99.5 cm³/mol. The minimum atomic E-state index is -0.327. The number of nitrogens with two attached hydrogens (primary N) is 1. The standard InChI is InChI=1S/C14H19BrN4O2.2ClH/c15-11-3-1-2-4-12(11)19-6-5-10(9-19)18-14(21)8-17-13(20)7-16;;/h1-4,10H,5-9,16H2,(H,17,20)(H,18,21);2*1H. The zero-order valence-corrected chi connectivity index (χ0v) is 15.7. The van der Waals surface area contributed by atoms with Crippen LogP contribution in [-0.4, -0.2) is 44.0 Å². The van der Waals surface area contributed by atoms with Gasteiger partial charge in [-0.1, -0.05) is 12.1 Å². The van der Waals surface area contributed by atoms with Crippen molar-refractivity contribution in [2.45, 2.75) is 12.5 Å². The summed E-state index contributed by atoms with van der Waals surface area (Å²) in [7, 11) is 0. The van der Waals surface area contributed by atoms with Crippen LogP contribution in [0, 0.1) is 0 Å². The van der Waals surface area contributed by atoms with Gasteiger partial charge in [0.05, 0.1) is 18.8 Å². The summed E-state index contributed by atoms with van der Waals surface area (Å²) in [5.41, 5.74) is 6.29. The van der Waals surface area contributed by atoms with Gasteiger partial charge in [0.2, 0.25) is 11.8 Å². The van der Waals surface area contributed by atoms with Gasteiger partial charge in [0.25, 0.3) is 0 Å². The summed E-state index contributed by atoms with van der Waals surface area (Å²) in [4.78, 5) is 25.0. The van der Waals surface area contributed by atoms with Crippen LogP contribution < -0.4 is 21.3 Å². The van der Waals surface area contributed by atoms with Crippen molar-refractivity contribution in [2.24, 2.45) is 5.73 Å². The first-order valence-corrected chi connectivity index (χ1v) is 7.65. The fourth-order valence-corrected chi connectivity index (χ4v) is 2.87. The van der Waals surface area contributed by atoms with E-state index in [1.54, 1.807) is 0 Å². The van der Waals surface area contributed by atoms with Gasteiger partial charge in [-0.25, -0.2) is 0 Å². The molecule has 0 aromatic heterocycles. The summed E-state index contributed by atoms with van der Waals surface area (Å²) in [5.74, 6) is -0.512. The number of rotatable bonds is 5. The van der Waals surface area contributed by atoms with Crippen molar-refractivity contribution in [1.82, 2.24) is 10.6 Å². The Morgan fingerprint density at radius 3 is 2.61 bits per heavy atom. The molecule has 0 saturated carbocycles. The van der Waals surface area contributed by atoms with Crippen molar-refractivity contribution in [2.75, 3.05) is 31.1 Å². The Balaban J connectivity index is 0.00000242. The molecular weight excluding hydrogens is 407 g/mol. The fraction of sp³-hybridized carbons (Fsp3) is 0.429. The van der Waals surface area contributed by atoms with Gasteiger partial charge in [0.15, 0.2) is 0 Å². The van der Waals surface area contributed by atoms with Crippen LogP contribution in [0.25, 0.3) is 0 Å². The van der Waals surface area contributed by atoms with Crippen LogP contribution >= 0.6 is 40.7 Å². The molecule has 1 aromatic rings. The third-order valence-corrected chi connectivity index (χ3v) is 4.05. The Bertz CT molecular complexity index is 533. The monoisotopic (exact) mass is 426 g/mol. The van der Waals surface area contributed by atoms with Gasteiger partial charge in [-0.15, -0.1) is 24.8 Å². The molecule has 0 radical (unpaired) electrons. The number of nitrogens with one attached hydrogen (secondary N) is 2. The first-order chi connectivity index (χ1) is 10.1. The molecule has 1 aliphatic rings. The second-order valence-electron chi connectivity index (χ2n) is 4.93. The number of hydrogen-bond donors (Lipinski definition) is 3. The Morgan fingerprint density at radius 1 is 1.26 bits per heavy atom. The SMILES string of the molecule is Cl.Cl.NCC(=O)NCC(=O)NC1CCN(c2ccccc2Br)C1. The van der Waals surface area contributed by atoms with E-state index in [0.29, 0.717) is 0 Å². The number of carbonyl (C=O) groups excluding carboxylic acids is 2. The molecule has 1 aromatic carbocycles. The van der Waals surface area contributed by atoms with Crippen molar-refractivity contribution < 1.29 is 9.59 Å². The lowest BCUT2D eigenvalue weighted by atomic mass is 10.2. The summed E-state index contributed by atoms with van der Waals surface area (Å²) >= 11 is 3.54. The van der Waals surface area contributed by atoms with Crippen LogP contribution in [-0.2, 0) is 9.59 Å². The molecule has 23 heavy (non-hydrogen) atoms. The Hall–Kier alpha value is -1.02. The molecule has 1 fully saturated rings. The van der Waals surface area contributed by atoms with E-state index in [4.69, 9.17) is 5.73 Å². The molecular formula is C14H21BrCl2N4O2. The van der Waals surface area contributed by atoms with Crippen molar-refractivity contribution >= 4 is 58.2 Å². The molecule has 0 bridgehead atoms. The third-order valence-electron chi connectivity index (χ3n) is 3.38. The van der Waals surface area contributed by atoms with E-state index in [2.05, 4.69) is 37.5 Å². The van der Waals surface area contributed by atoms with E-state index in [-0.39, 0.29) is 55.8 Å². The largest absolute Gasteiger partial charge is 0.368 e. The van der Waals surface area contributed by atoms with Gasteiger partial charge in [-0.2, -0.15) is 0 Å². The van der Waals surface area contributed by atoms with Crippen molar-refractivity contribution in [3.8, 4) is 0 Å². The summed E-state index contributed by atoms with van der Waals surface area (Å²) in [5, 5.41) is 5.39. The van der Waals surface area contributed by atoms with Crippen LogP contribution in [0.5, 0.6) is 0 Å². The summed E-state index contributed by atoms with van der Waals surface area (Å²) in [6, 6.07) is 8.12. The number of para-hydroxylation sites is 1. The van der Waals surface area contributed by atoms with E-state index in [1.807, 2.05) is 18.2 Å². The first-order valence-electron chi connectivity index (χ1n) is 6.85. The molecule has 2 amide bonds. The molecule has 0 spiro atoms. The molecule has 9 heteroatoms. The number of amides is 2. The molecule has 1 unspecified atom stereocenters. The van der Waals surface area contributed by atoms with Crippen LogP contribution in [0.15, 0.2) is 28.7 Å². The lowest BCUT2D eigenvalue weighted by Gasteiger charge is -2.20. The number of anilines is 1.